The zero-order valence-electron chi connectivity index (χ0n) is 56.9. The van der Waals surface area contributed by atoms with Gasteiger partial charge in [0.1, 0.15) is 35.4 Å². The first-order valence-electron chi connectivity index (χ1n) is 34.3. The van der Waals surface area contributed by atoms with Crippen LogP contribution in [0.1, 0.15) is 262 Å². The fraction of sp³-hybridized carbons (Fsp3) is 0.556. The van der Waals surface area contributed by atoms with Crippen LogP contribution in [0, 0.1) is 28.6 Å². The second-order valence-corrected chi connectivity index (χ2v) is 27.9. The maximum atomic E-state index is 9.01. The van der Waals surface area contributed by atoms with Crippen molar-refractivity contribution in [2.24, 2.45) is 28.6 Å². The summed E-state index contributed by atoms with van der Waals surface area (Å²) in [5, 5.41) is 18.0. The largest absolute Gasteiger partial charge is 0.508 e. The van der Waals surface area contributed by atoms with Crippen molar-refractivity contribution >= 4 is 0 Å². The van der Waals surface area contributed by atoms with E-state index in [4.69, 9.17) is 33.9 Å². The lowest BCUT2D eigenvalue weighted by molar-refractivity contribution is -0.204. The maximum Gasteiger partial charge on any atom is 0.205 e. The van der Waals surface area contributed by atoms with Crippen molar-refractivity contribution in [1.82, 2.24) is 0 Å². The fourth-order valence-corrected chi connectivity index (χ4v) is 13.4. The molecule has 5 fully saturated rings. The summed E-state index contributed by atoms with van der Waals surface area (Å²) in [4.78, 5) is 0. The second-order valence-electron chi connectivity index (χ2n) is 27.9. The molecule has 11 rings (SSSR count). The first kappa shape index (κ1) is 71.3. The minimum absolute atomic E-state index is 0.0830. The summed E-state index contributed by atoms with van der Waals surface area (Å²) in [6.07, 6.45) is 21.4. The summed E-state index contributed by atoms with van der Waals surface area (Å²) in [5.41, 5.74) is 8.40. The zero-order valence-corrected chi connectivity index (χ0v) is 56.9. The molecule has 4 bridgehead atoms. The monoisotopic (exact) mass is 1200 g/mol. The van der Waals surface area contributed by atoms with E-state index in [0.29, 0.717) is 53.8 Å². The normalized spacial score (nSPS) is 20.9. The number of ether oxygens (including phenoxy) is 5. The Morgan fingerprint density at radius 3 is 1.16 bits per heavy atom. The molecule has 5 aliphatic rings. The second kappa shape index (κ2) is 36.2. The summed E-state index contributed by atoms with van der Waals surface area (Å²) < 4.78 is 30.7. The molecule has 0 radical (unpaired) electrons. The van der Waals surface area contributed by atoms with Crippen LogP contribution < -0.4 is 14.2 Å². The Hall–Kier alpha value is -5.76. The summed E-state index contributed by atoms with van der Waals surface area (Å²) in [6.45, 7) is 29.6. The SMILES string of the molecule is CCC(C)c1ccc(O)cc1.CCC(C)c1ccc(O)cc1.CCC(C)c1ccc(OC(CC(C)(C)C)OC2CCCCC2)cc1.CCC(C)c1ccc(OC(OC)C23CC4CC(CC(C4)C2)C3)cc1.CCC(C)c1ccc(OCc2ccccc2)cc1. The van der Waals surface area contributed by atoms with Crippen molar-refractivity contribution in [1.29, 1.82) is 0 Å². The van der Waals surface area contributed by atoms with Crippen molar-refractivity contribution in [3.63, 3.8) is 0 Å². The first-order valence-corrected chi connectivity index (χ1v) is 34.3. The van der Waals surface area contributed by atoms with E-state index in [1.54, 1.807) is 24.3 Å². The Labute approximate surface area is 534 Å². The number of hydrogen-bond acceptors (Lipinski definition) is 7. The van der Waals surface area contributed by atoms with Crippen molar-refractivity contribution in [3.05, 3.63) is 185 Å². The molecule has 0 spiro atoms. The zero-order chi connectivity index (χ0) is 63.6. The van der Waals surface area contributed by atoms with Gasteiger partial charge in [-0.25, -0.2) is 0 Å². The van der Waals surface area contributed by atoms with E-state index in [1.165, 1.54) is 117 Å². The van der Waals surface area contributed by atoms with Crippen molar-refractivity contribution in [2.45, 2.75) is 254 Å². The van der Waals surface area contributed by atoms with Crippen LogP contribution in [0.4, 0.5) is 0 Å². The highest BCUT2D eigenvalue weighted by Gasteiger charge is 2.55. The van der Waals surface area contributed by atoms with Gasteiger partial charge in [0.05, 0.1) is 6.10 Å². The molecule has 7 nitrogen and oxygen atoms in total. The van der Waals surface area contributed by atoms with Gasteiger partial charge in [-0.15, -0.1) is 0 Å². The lowest BCUT2D eigenvalue weighted by atomic mass is 9.49. The van der Waals surface area contributed by atoms with Crippen molar-refractivity contribution in [2.75, 3.05) is 7.11 Å². The van der Waals surface area contributed by atoms with Crippen LogP contribution in [0.25, 0.3) is 0 Å². The molecule has 6 aromatic rings. The highest BCUT2D eigenvalue weighted by atomic mass is 16.7. The van der Waals surface area contributed by atoms with E-state index in [2.05, 4.69) is 175 Å². The van der Waals surface area contributed by atoms with Gasteiger partial charge in [0.2, 0.25) is 12.6 Å². The third-order valence-corrected chi connectivity index (χ3v) is 19.6. The van der Waals surface area contributed by atoms with Gasteiger partial charge in [0.15, 0.2) is 0 Å². The average molecular weight is 1200 g/mol. The number of phenols is 2. The predicted octanol–water partition coefficient (Wildman–Crippen LogP) is 23.0. The Kier molecular flexibility index (Phi) is 29.3. The molecule has 88 heavy (non-hydrogen) atoms. The lowest BCUT2D eigenvalue weighted by Crippen LogP contribution is -2.53. The van der Waals surface area contributed by atoms with Gasteiger partial charge in [-0.2, -0.15) is 0 Å². The van der Waals surface area contributed by atoms with Crippen LogP contribution in [0.15, 0.2) is 152 Å². The smallest absolute Gasteiger partial charge is 0.205 e. The summed E-state index contributed by atoms with van der Waals surface area (Å²) in [6, 6.07) is 50.8. The third-order valence-electron chi connectivity index (χ3n) is 19.6. The molecule has 0 aromatic heterocycles. The molecule has 6 aromatic carbocycles. The average Bonchev–Trinajstić information content (AvgIpc) is 0.800. The number of benzene rings is 6. The molecule has 2 N–H and O–H groups in total. The Balaban J connectivity index is 0.000000182. The maximum absolute atomic E-state index is 9.01. The number of phenolic OH excluding ortho intramolecular Hbond substituents is 2. The summed E-state index contributed by atoms with van der Waals surface area (Å²) >= 11 is 0. The molecule has 5 saturated carbocycles. The van der Waals surface area contributed by atoms with Crippen LogP contribution >= 0.6 is 0 Å². The van der Waals surface area contributed by atoms with E-state index in [1.807, 2.05) is 49.6 Å². The molecule has 7 unspecified atom stereocenters. The Bertz CT molecular complexity index is 2710. The van der Waals surface area contributed by atoms with Crippen molar-refractivity contribution < 1.29 is 33.9 Å². The number of methoxy groups -OCH3 is 1. The molecule has 7 heteroatoms. The highest BCUT2D eigenvalue weighted by Crippen LogP contribution is 2.62. The molecule has 482 valence electrons. The van der Waals surface area contributed by atoms with Crippen LogP contribution in [0.2, 0.25) is 0 Å². The fourth-order valence-electron chi connectivity index (χ4n) is 13.4. The van der Waals surface area contributed by atoms with Crippen LogP contribution in [-0.2, 0) is 16.1 Å². The molecular formula is C81H116O7. The standard InChI is InChI=1S/C22H32O2.C22H36O2.C17H20O.2C10H14O/c1-4-15(2)19-5-7-20(8-6-19)24-21(23-3)22-12-16-9-17(13-22)11-18(10-16)14-22;1-6-17(2)18-12-14-20(15-13-18)24-21(16-22(3,4)5)23-19-10-8-7-9-11-19;1-3-14(2)16-9-11-17(12-10-16)18-13-15-7-5-4-6-8-15;2*1-3-8(2)9-4-6-10(11)7-5-9/h5-8,15-18,21H,4,9-14H2,1-3H3;12-15,17,19,21H,6-11,16H2,1-5H3;4-12,14H,3,13H2,1-2H3;2*4-8,11H,3H2,1-2H3. The first-order chi connectivity index (χ1) is 42.2. The van der Waals surface area contributed by atoms with E-state index in [0.717, 1.165) is 60.7 Å². The van der Waals surface area contributed by atoms with E-state index >= 15 is 0 Å². The molecule has 0 heterocycles. The van der Waals surface area contributed by atoms with Gasteiger partial charge in [0, 0.05) is 18.9 Å². The van der Waals surface area contributed by atoms with Gasteiger partial charge in [0.25, 0.3) is 0 Å². The van der Waals surface area contributed by atoms with Crippen LogP contribution in [0.5, 0.6) is 28.7 Å². The van der Waals surface area contributed by atoms with Crippen LogP contribution in [0.3, 0.4) is 0 Å². The van der Waals surface area contributed by atoms with Gasteiger partial charge in [-0.05, 0) is 230 Å². The van der Waals surface area contributed by atoms with Gasteiger partial charge in [-0.3, -0.25) is 0 Å². The minimum atomic E-state index is -0.150. The quantitative estimate of drug-likeness (QED) is 0.0655. The summed E-state index contributed by atoms with van der Waals surface area (Å²) in [5.74, 6) is 9.29. The lowest BCUT2D eigenvalue weighted by Gasteiger charge is -2.58. The Morgan fingerprint density at radius 1 is 0.455 bits per heavy atom. The van der Waals surface area contributed by atoms with E-state index < -0.39 is 0 Å². The van der Waals surface area contributed by atoms with Gasteiger partial charge >= 0.3 is 0 Å². The minimum Gasteiger partial charge on any atom is -0.508 e. The van der Waals surface area contributed by atoms with E-state index in [-0.39, 0.29) is 23.4 Å². The topological polar surface area (TPSA) is 86.6 Å². The molecule has 0 aliphatic heterocycles. The summed E-state index contributed by atoms with van der Waals surface area (Å²) in [7, 11) is 1.83. The number of rotatable bonds is 22. The highest BCUT2D eigenvalue weighted by molar-refractivity contribution is 5.33. The number of hydrogen-bond donors (Lipinski definition) is 2. The number of aromatic hydroxyl groups is 2. The van der Waals surface area contributed by atoms with Crippen molar-refractivity contribution in [3.8, 4) is 28.7 Å². The van der Waals surface area contributed by atoms with Gasteiger partial charge < -0.3 is 33.9 Å². The van der Waals surface area contributed by atoms with Crippen LogP contribution in [-0.4, -0.2) is 36.0 Å². The third kappa shape index (κ3) is 23.2. The molecular weight excluding hydrogens is 1080 g/mol. The molecule has 0 saturated heterocycles. The molecule has 7 atom stereocenters. The van der Waals surface area contributed by atoms with E-state index in [9.17, 15) is 0 Å². The van der Waals surface area contributed by atoms with Gasteiger partial charge in [-0.1, -0.05) is 200 Å². The molecule has 5 aliphatic carbocycles. The predicted molar refractivity (Wildman–Crippen MR) is 368 cm³/mol. The molecule has 0 amide bonds. The Morgan fingerprint density at radius 2 is 0.807 bits per heavy atom.